The lowest BCUT2D eigenvalue weighted by atomic mass is 9.83. The van der Waals surface area contributed by atoms with Crippen LogP contribution in [0.5, 0.6) is 0 Å². The van der Waals surface area contributed by atoms with Crippen molar-refractivity contribution in [2.75, 3.05) is 5.32 Å². The van der Waals surface area contributed by atoms with Crippen LogP contribution in [0.25, 0.3) is 0 Å². The summed E-state index contributed by atoms with van der Waals surface area (Å²) in [4.78, 5) is 25.3. The number of hydrogen-bond acceptors (Lipinski definition) is 3. The van der Waals surface area contributed by atoms with Gasteiger partial charge in [0.15, 0.2) is 11.6 Å². The number of carbonyl (C=O) groups excluding carboxylic acids is 2. The highest BCUT2D eigenvalue weighted by Crippen LogP contribution is 2.30. The molecule has 0 radical (unpaired) electrons. The Hall–Kier alpha value is -1.64. The summed E-state index contributed by atoms with van der Waals surface area (Å²) in [6.07, 6.45) is 0. The first-order valence-corrected chi connectivity index (χ1v) is 8.15. The molecular formula is C20H31NO2. The largest absolute Gasteiger partial charge is 0.380 e. The molecule has 0 aliphatic heterocycles. The van der Waals surface area contributed by atoms with Crippen molar-refractivity contribution in [2.45, 2.75) is 67.9 Å². The van der Waals surface area contributed by atoms with Gasteiger partial charge in [-0.2, -0.15) is 0 Å². The molecular weight excluding hydrogens is 286 g/mol. The van der Waals surface area contributed by atoms with Gasteiger partial charge in [0, 0.05) is 33.2 Å². The number of anilines is 1. The highest BCUT2D eigenvalue weighted by Gasteiger charge is 2.28. The Morgan fingerprint density at radius 3 is 1.65 bits per heavy atom. The topological polar surface area (TPSA) is 46.2 Å². The van der Waals surface area contributed by atoms with Gasteiger partial charge in [-0.15, -0.1) is 0 Å². The summed E-state index contributed by atoms with van der Waals surface area (Å²) in [5.41, 5.74) is 0.884. The van der Waals surface area contributed by atoms with Crippen molar-refractivity contribution in [3.63, 3.8) is 0 Å². The van der Waals surface area contributed by atoms with Gasteiger partial charge in [-0.05, 0) is 32.9 Å². The van der Waals surface area contributed by atoms with Crippen molar-refractivity contribution in [1.82, 2.24) is 0 Å². The van der Waals surface area contributed by atoms with E-state index in [9.17, 15) is 9.59 Å². The van der Waals surface area contributed by atoms with Crippen LogP contribution in [0.1, 0.15) is 83.0 Å². The van der Waals surface area contributed by atoms with E-state index in [0.29, 0.717) is 11.1 Å². The number of nitrogens with one attached hydrogen (secondary N) is 1. The summed E-state index contributed by atoms with van der Waals surface area (Å²) in [6.45, 7) is 17.5. The lowest BCUT2D eigenvalue weighted by Gasteiger charge is -2.27. The van der Waals surface area contributed by atoms with E-state index >= 15 is 0 Å². The second-order valence-electron chi connectivity index (χ2n) is 9.29. The maximum atomic E-state index is 12.7. The number of ketones is 2. The summed E-state index contributed by atoms with van der Waals surface area (Å²) in [6, 6.07) is 5.36. The van der Waals surface area contributed by atoms with Crippen LogP contribution in [0.2, 0.25) is 0 Å². The minimum Gasteiger partial charge on any atom is -0.380 e. The van der Waals surface area contributed by atoms with Gasteiger partial charge in [0.1, 0.15) is 0 Å². The normalized spacial score (nSPS) is 12.9. The molecule has 0 amide bonds. The fourth-order valence-electron chi connectivity index (χ4n) is 2.23. The van der Waals surface area contributed by atoms with E-state index in [1.807, 2.05) is 68.4 Å². The van der Waals surface area contributed by atoms with Crippen LogP contribution < -0.4 is 5.32 Å². The smallest absolute Gasteiger partial charge is 0.170 e. The Bertz CT molecular complexity index is 608. The zero-order chi connectivity index (χ0) is 18.2. The average Bonchev–Trinajstić information content (AvgIpc) is 2.32. The van der Waals surface area contributed by atoms with E-state index in [0.717, 1.165) is 5.69 Å². The van der Waals surface area contributed by atoms with E-state index in [4.69, 9.17) is 0 Å². The van der Waals surface area contributed by atoms with Gasteiger partial charge in [-0.3, -0.25) is 9.59 Å². The third-order valence-corrected chi connectivity index (χ3v) is 3.40. The van der Waals surface area contributed by atoms with Gasteiger partial charge >= 0.3 is 0 Å². The third-order valence-electron chi connectivity index (χ3n) is 3.40. The molecule has 1 N–H and O–H groups in total. The second-order valence-corrected chi connectivity index (χ2v) is 9.29. The summed E-state index contributed by atoms with van der Waals surface area (Å²) >= 11 is 0. The molecule has 0 aliphatic carbocycles. The summed E-state index contributed by atoms with van der Waals surface area (Å²) < 4.78 is 0. The monoisotopic (exact) mass is 317 g/mol. The molecule has 0 saturated heterocycles. The number of Topliss-reactive ketones (excluding diaryl/α,β-unsaturated/α-hetero) is 2. The highest BCUT2D eigenvalue weighted by molar-refractivity contribution is 6.07. The lowest BCUT2D eigenvalue weighted by Crippen LogP contribution is -2.29. The molecule has 0 heterocycles. The van der Waals surface area contributed by atoms with Crippen molar-refractivity contribution >= 4 is 17.3 Å². The van der Waals surface area contributed by atoms with Crippen molar-refractivity contribution in [1.29, 1.82) is 0 Å². The first kappa shape index (κ1) is 19.4. The Balaban J connectivity index is 3.44. The van der Waals surface area contributed by atoms with Crippen molar-refractivity contribution < 1.29 is 9.59 Å². The van der Waals surface area contributed by atoms with Crippen molar-refractivity contribution in [3.05, 3.63) is 29.3 Å². The standard InChI is InChI=1S/C20H31NO2/c1-18(2,3)16(22)13-10-11-14(17(23)19(4,5)6)15(12-13)21-20(7,8)9/h10-12,21H,1-9H3. The first-order chi connectivity index (χ1) is 10.1. The minimum absolute atomic E-state index is 0.0685. The first-order valence-electron chi connectivity index (χ1n) is 8.15. The van der Waals surface area contributed by atoms with Crippen LogP contribution in [-0.2, 0) is 0 Å². The van der Waals surface area contributed by atoms with Gasteiger partial charge in [-0.25, -0.2) is 0 Å². The molecule has 3 nitrogen and oxygen atoms in total. The van der Waals surface area contributed by atoms with Gasteiger partial charge in [-0.1, -0.05) is 47.6 Å². The predicted molar refractivity (Wildman–Crippen MR) is 97.4 cm³/mol. The van der Waals surface area contributed by atoms with Crippen LogP contribution in [0.15, 0.2) is 18.2 Å². The lowest BCUT2D eigenvalue weighted by molar-refractivity contribution is 0.0849. The maximum absolute atomic E-state index is 12.7. The van der Waals surface area contributed by atoms with Crippen molar-refractivity contribution in [2.24, 2.45) is 10.8 Å². The molecule has 0 aromatic heterocycles. The van der Waals surface area contributed by atoms with Crippen LogP contribution >= 0.6 is 0 Å². The molecule has 1 aromatic carbocycles. The second kappa shape index (κ2) is 6.10. The Labute approximate surface area is 140 Å². The molecule has 0 bridgehead atoms. The Morgan fingerprint density at radius 2 is 1.26 bits per heavy atom. The average molecular weight is 317 g/mol. The van der Waals surface area contributed by atoms with Gasteiger partial charge < -0.3 is 5.32 Å². The zero-order valence-corrected chi connectivity index (χ0v) is 16.0. The van der Waals surface area contributed by atoms with Crippen LogP contribution in [0, 0.1) is 10.8 Å². The molecule has 0 saturated carbocycles. The number of rotatable bonds is 3. The van der Waals surface area contributed by atoms with E-state index in [-0.39, 0.29) is 17.1 Å². The molecule has 0 atom stereocenters. The minimum atomic E-state index is -0.468. The van der Waals surface area contributed by atoms with E-state index in [1.54, 1.807) is 12.1 Å². The molecule has 23 heavy (non-hydrogen) atoms. The molecule has 0 fully saturated rings. The number of benzene rings is 1. The molecule has 1 rings (SSSR count). The fourth-order valence-corrected chi connectivity index (χ4v) is 2.23. The van der Waals surface area contributed by atoms with Gasteiger partial charge in [0.25, 0.3) is 0 Å². The van der Waals surface area contributed by atoms with Gasteiger partial charge in [0.05, 0.1) is 0 Å². The number of carbonyl (C=O) groups is 2. The summed E-state index contributed by atoms with van der Waals surface area (Å²) in [5.74, 6) is 0.142. The highest BCUT2D eigenvalue weighted by atomic mass is 16.1. The van der Waals surface area contributed by atoms with E-state index in [2.05, 4.69) is 5.32 Å². The molecule has 1 aromatic rings. The molecule has 0 unspecified atom stereocenters. The van der Waals surface area contributed by atoms with Crippen LogP contribution in [0.3, 0.4) is 0 Å². The van der Waals surface area contributed by atoms with Crippen LogP contribution in [0.4, 0.5) is 5.69 Å². The van der Waals surface area contributed by atoms with E-state index < -0.39 is 10.8 Å². The third kappa shape index (κ3) is 5.19. The maximum Gasteiger partial charge on any atom is 0.170 e. The Morgan fingerprint density at radius 1 is 0.783 bits per heavy atom. The summed E-state index contributed by atoms with van der Waals surface area (Å²) in [7, 11) is 0. The fraction of sp³-hybridized carbons (Fsp3) is 0.600. The molecule has 3 heteroatoms. The van der Waals surface area contributed by atoms with E-state index in [1.165, 1.54) is 0 Å². The Kier molecular flexibility index (Phi) is 5.15. The van der Waals surface area contributed by atoms with Gasteiger partial charge in [0.2, 0.25) is 0 Å². The quantitative estimate of drug-likeness (QED) is 0.764. The molecule has 0 aliphatic rings. The van der Waals surface area contributed by atoms with Crippen molar-refractivity contribution in [3.8, 4) is 0 Å². The summed E-state index contributed by atoms with van der Waals surface area (Å²) in [5, 5.41) is 3.38. The molecule has 0 spiro atoms. The number of hydrogen-bond donors (Lipinski definition) is 1. The predicted octanol–water partition coefficient (Wildman–Crippen LogP) is 5.35. The molecule has 128 valence electrons. The van der Waals surface area contributed by atoms with Crippen LogP contribution in [-0.4, -0.2) is 17.1 Å². The SMILES string of the molecule is CC(C)(C)Nc1cc(C(=O)C(C)(C)C)ccc1C(=O)C(C)(C)C. The zero-order valence-electron chi connectivity index (χ0n) is 16.0.